The van der Waals surface area contributed by atoms with Crippen molar-refractivity contribution < 1.29 is 9.84 Å². The van der Waals surface area contributed by atoms with Gasteiger partial charge in [0.1, 0.15) is 23.0 Å². The van der Waals surface area contributed by atoms with E-state index >= 15 is 0 Å². The van der Waals surface area contributed by atoms with Crippen LogP contribution in [0.4, 0.5) is 0 Å². The molecule has 0 radical (unpaired) electrons. The molecule has 0 amide bonds. The Bertz CT molecular complexity index is 339. The standard InChI is InChI=1S/C9H13N3O2/c1-2-3-14-6-4-7(13)8(9(10)11)12-5-6/h4-5,13H,2-3H2,1H3,(H3,10,11). The number of pyridine rings is 1. The Morgan fingerprint density at radius 3 is 2.93 bits per heavy atom. The molecule has 76 valence electrons. The zero-order valence-corrected chi connectivity index (χ0v) is 7.95. The van der Waals surface area contributed by atoms with Crippen LogP contribution in [0.5, 0.6) is 11.5 Å². The number of nitrogen functional groups attached to an aromatic ring is 1. The first-order chi connectivity index (χ1) is 6.65. The molecular weight excluding hydrogens is 182 g/mol. The van der Waals surface area contributed by atoms with Gasteiger partial charge in [-0.25, -0.2) is 4.98 Å². The second-order valence-electron chi connectivity index (χ2n) is 2.80. The summed E-state index contributed by atoms with van der Waals surface area (Å²) in [5, 5.41) is 16.5. The molecule has 4 N–H and O–H groups in total. The Morgan fingerprint density at radius 1 is 1.71 bits per heavy atom. The molecule has 14 heavy (non-hydrogen) atoms. The maximum absolute atomic E-state index is 9.40. The third-order valence-corrected chi connectivity index (χ3v) is 1.57. The molecule has 1 heterocycles. The Balaban J connectivity index is 2.83. The summed E-state index contributed by atoms with van der Waals surface area (Å²) in [7, 11) is 0. The van der Waals surface area contributed by atoms with E-state index in [1.807, 2.05) is 6.92 Å². The first kappa shape index (κ1) is 10.3. The fraction of sp³-hybridized carbons (Fsp3) is 0.333. The van der Waals surface area contributed by atoms with Crippen LogP contribution in [0.15, 0.2) is 12.3 Å². The lowest BCUT2D eigenvalue weighted by Gasteiger charge is -2.06. The van der Waals surface area contributed by atoms with E-state index in [0.29, 0.717) is 12.4 Å². The van der Waals surface area contributed by atoms with Crippen molar-refractivity contribution >= 4 is 5.84 Å². The van der Waals surface area contributed by atoms with Crippen molar-refractivity contribution in [3.8, 4) is 11.5 Å². The number of rotatable bonds is 4. The first-order valence-corrected chi connectivity index (χ1v) is 4.31. The van der Waals surface area contributed by atoms with Crippen LogP contribution < -0.4 is 10.5 Å². The smallest absolute Gasteiger partial charge is 0.148 e. The SMILES string of the molecule is CCCOc1cnc(C(=N)N)c(O)c1. The van der Waals surface area contributed by atoms with Crippen LogP contribution in [0.1, 0.15) is 19.0 Å². The van der Waals surface area contributed by atoms with Crippen LogP contribution in [0.2, 0.25) is 0 Å². The minimum atomic E-state index is -0.260. The topological polar surface area (TPSA) is 92.2 Å². The summed E-state index contributed by atoms with van der Waals surface area (Å²) in [5.41, 5.74) is 5.26. The van der Waals surface area contributed by atoms with Gasteiger partial charge in [0.15, 0.2) is 0 Å². The molecule has 0 aliphatic rings. The third kappa shape index (κ3) is 2.35. The van der Waals surface area contributed by atoms with Crippen molar-refractivity contribution in [2.75, 3.05) is 6.61 Å². The van der Waals surface area contributed by atoms with E-state index in [9.17, 15) is 5.11 Å². The highest BCUT2D eigenvalue weighted by atomic mass is 16.5. The zero-order valence-electron chi connectivity index (χ0n) is 7.95. The monoisotopic (exact) mass is 195 g/mol. The van der Waals surface area contributed by atoms with E-state index in [2.05, 4.69) is 4.98 Å². The number of ether oxygens (including phenoxy) is 1. The predicted octanol–water partition coefficient (Wildman–Crippen LogP) is 0.860. The van der Waals surface area contributed by atoms with E-state index in [1.165, 1.54) is 12.3 Å². The van der Waals surface area contributed by atoms with Crippen LogP contribution in [0, 0.1) is 5.41 Å². The van der Waals surface area contributed by atoms with Gasteiger partial charge in [-0.15, -0.1) is 0 Å². The van der Waals surface area contributed by atoms with Crippen molar-refractivity contribution in [1.82, 2.24) is 4.98 Å². The van der Waals surface area contributed by atoms with Gasteiger partial charge in [0.25, 0.3) is 0 Å². The van der Waals surface area contributed by atoms with Gasteiger partial charge in [-0.3, -0.25) is 5.41 Å². The lowest BCUT2D eigenvalue weighted by atomic mass is 10.3. The summed E-state index contributed by atoms with van der Waals surface area (Å²) < 4.78 is 5.24. The van der Waals surface area contributed by atoms with Gasteiger partial charge < -0.3 is 15.6 Å². The second-order valence-corrected chi connectivity index (χ2v) is 2.80. The summed E-state index contributed by atoms with van der Waals surface area (Å²) in [4.78, 5) is 3.81. The van der Waals surface area contributed by atoms with Crippen LogP contribution in [-0.2, 0) is 0 Å². The number of aromatic hydroxyl groups is 1. The highest BCUT2D eigenvalue weighted by molar-refractivity contribution is 5.95. The number of amidine groups is 1. The van der Waals surface area contributed by atoms with Gasteiger partial charge in [0, 0.05) is 6.07 Å². The molecule has 0 unspecified atom stereocenters. The normalized spacial score (nSPS) is 9.79. The molecule has 0 fully saturated rings. The molecule has 0 saturated carbocycles. The Kier molecular flexibility index (Phi) is 3.28. The molecule has 0 atom stereocenters. The third-order valence-electron chi connectivity index (χ3n) is 1.57. The fourth-order valence-corrected chi connectivity index (χ4v) is 0.941. The van der Waals surface area contributed by atoms with E-state index < -0.39 is 0 Å². The zero-order chi connectivity index (χ0) is 10.6. The molecule has 0 saturated heterocycles. The minimum Gasteiger partial charge on any atom is -0.505 e. The number of nitrogens with one attached hydrogen (secondary N) is 1. The summed E-state index contributed by atoms with van der Waals surface area (Å²) >= 11 is 0. The van der Waals surface area contributed by atoms with E-state index in [4.69, 9.17) is 15.9 Å². The molecule has 1 aromatic heterocycles. The van der Waals surface area contributed by atoms with Crippen molar-refractivity contribution in [1.29, 1.82) is 5.41 Å². The summed E-state index contributed by atoms with van der Waals surface area (Å²) in [6, 6.07) is 1.40. The van der Waals surface area contributed by atoms with Gasteiger partial charge in [-0.05, 0) is 6.42 Å². The molecule has 0 aliphatic carbocycles. The maximum atomic E-state index is 9.40. The van der Waals surface area contributed by atoms with Crippen LogP contribution in [0.25, 0.3) is 0 Å². The first-order valence-electron chi connectivity index (χ1n) is 4.31. The average Bonchev–Trinajstić information content (AvgIpc) is 2.14. The van der Waals surface area contributed by atoms with Gasteiger partial charge >= 0.3 is 0 Å². The van der Waals surface area contributed by atoms with Gasteiger partial charge in [-0.2, -0.15) is 0 Å². The van der Waals surface area contributed by atoms with Crippen LogP contribution >= 0.6 is 0 Å². The van der Waals surface area contributed by atoms with Gasteiger partial charge in [0.05, 0.1) is 12.8 Å². The Morgan fingerprint density at radius 2 is 2.43 bits per heavy atom. The molecule has 1 aromatic rings. The van der Waals surface area contributed by atoms with E-state index in [1.54, 1.807) is 0 Å². The summed E-state index contributed by atoms with van der Waals surface area (Å²) in [5.74, 6) is 0.0880. The number of aromatic nitrogens is 1. The lowest BCUT2D eigenvalue weighted by molar-refractivity contribution is 0.314. The molecule has 0 bridgehead atoms. The predicted molar refractivity (Wildman–Crippen MR) is 52.7 cm³/mol. The molecule has 5 heteroatoms. The second kappa shape index (κ2) is 4.45. The quantitative estimate of drug-likeness (QED) is 0.490. The number of hydrogen-bond donors (Lipinski definition) is 3. The Hall–Kier alpha value is -1.78. The van der Waals surface area contributed by atoms with E-state index in [0.717, 1.165) is 6.42 Å². The molecule has 5 nitrogen and oxygen atoms in total. The number of nitrogens with two attached hydrogens (primary N) is 1. The van der Waals surface area contributed by atoms with Gasteiger partial charge in [-0.1, -0.05) is 6.92 Å². The Labute approximate surface area is 82.0 Å². The molecule has 0 aromatic carbocycles. The van der Waals surface area contributed by atoms with Crippen molar-refractivity contribution in [2.24, 2.45) is 5.73 Å². The van der Waals surface area contributed by atoms with Gasteiger partial charge in [0.2, 0.25) is 0 Å². The van der Waals surface area contributed by atoms with Crippen molar-refractivity contribution in [3.63, 3.8) is 0 Å². The molecule has 1 rings (SSSR count). The van der Waals surface area contributed by atoms with Crippen LogP contribution in [0.3, 0.4) is 0 Å². The summed E-state index contributed by atoms with van der Waals surface area (Å²) in [6.07, 6.45) is 2.32. The van der Waals surface area contributed by atoms with Crippen molar-refractivity contribution in [2.45, 2.75) is 13.3 Å². The van der Waals surface area contributed by atoms with E-state index in [-0.39, 0.29) is 17.3 Å². The molecule has 0 aliphatic heterocycles. The lowest BCUT2D eigenvalue weighted by Crippen LogP contribution is -2.13. The molecule has 0 spiro atoms. The fourth-order valence-electron chi connectivity index (χ4n) is 0.941. The highest BCUT2D eigenvalue weighted by Crippen LogP contribution is 2.20. The minimum absolute atomic E-state index is 0.0776. The number of hydrogen-bond acceptors (Lipinski definition) is 4. The number of nitrogens with zero attached hydrogens (tertiary/aromatic N) is 1. The summed E-state index contributed by atoms with van der Waals surface area (Å²) in [6.45, 7) is 2.55. The average molecular weight is 195 g/mol. The van der Waals surface area contributed by atoms with Crippen LogP contribution in [-0.4, -0.2) is 22.5 Å². The largest absolute Gasteiger partial charge is 0.505 e. The maximum Gasteiger partial charge on any atom is 0.148 e. The highest BCUT2D eigenvalue weighted by Gasteiger charge is 2.07. The molecular formula is C9H13N3O2. The van der Waals surface area contributed by atoms with Crippen molar-refractivity contribution in [3.05, 3.63) is 18.0 Å².